The van der Waals surface area contributed by atoms with E-state index in [1.54, 1.807) is 0 Å². The van der Waals surface area contributed by atoms with E-state index in [9.17, 15) is 23.1 Å². The number of benzene rings is 2. The predicted molar refractivity (Wildman–Crippen MR) is 93.5 cm³/mol. The lowest BCUT2D eigenvalue weighted by molar-refractivity contribution is -0.646. The fourth-order valence-corrected chi connectivity index (χ4v) is 3.82. The summed E-state index contributed by atoms with van der Waals surface area (Å²) in [4.78, 5) is 8.99. The molecule has 0 saturated carbocycles. The molecule has 0 spiro atoms. The van der Waals surface area contributed by atoms with Crippen molar-refractivity contribution in [3.8, 4) is 0 Å². The first kappa shape index (κ1) is 19.0. The molecule has 132 valence electrons. The van der Waals surface area contributed by atoms with Crippen LogP contribution in [0, 0.1) is 24.0 Å². The fraction of sp³-hybridized carbons (Fsp3) is 0.188. The highest BCUT2D eigenvalue weighted by atomic mass is 32.2. The molecule has 25 heavy (non-hydrogen) atoms. The molecule has 0 atom stereocenters. The molecule has 0 unspecified atom stereocenters. The van der Waals surface area contributed by atoms with Crippen molar-refractivity contribution in [2.45, 2.75) is 18.7 Å². The Morgan fingerprint density at radius 3 is 2.16 bits per heavy atom. The van der Waals surface area contributed by atoms with Gasteiger partial charge >= 0.3 is 0 Å². The van der Waals surface area contributed by atoms with Crippen LogP contribution < -0.4 is 4.57 Å². The quantitative estimate of drug-likeness (QED) is 0.294. The Labute approximate surface area is 149 Å². The Balaban J connectivity index is 0.000000181. The lowest BCUT2D eigenvalue weighted by atomic mass is 10.2. The second-order valence-electron chi connectivity index (χ2n) is 5.31. The van der Waals surface area contributed by atoms with Gasteiger partial charge in [0.15, 0.2) is 0 Å². The summed E-state index contributed by atoms with van der Waals surface area (Å²) in [5, 5.41) is 11.5. The van der Waals surface area contributed by atoms with Crippen molar-refractivity contribution in [1.82, 2.24) is 0 Å². The summed E-state index contributed by atoms with van der Waals surface area (Å²) in [6.07, 6.45) is 0. The van der Waals surface area contributed by atoms with Gasteiger partial charge in [-0.3, -0.25) is 10.1 Å². The van der Waals surface area contributed by atoms with E-state index in [1.165, 1.54) is 20.8 Å². The zero-order valence-corrected chi connectivity index (χ0v) is 15.4. The minimum atomic E-state index is -4.52. The number of hydrogen-bond acceptors (Lipinski definition) is 6. The van der Waals surface area contributed by atoms with E-state index in [1.807, 2.05) is 11.3 Å². The maximum atomic E-state index is 10.4. The smallest absolute Gasteiger partial charge is 0.269 e. The zero-order chi connectivity index (χ0) is 18.8. The van der Waals surface area contributed by atoms with Gasteiger partial charge < -0.3 is 4.55 Å². The Hall–Kier alpha value is -2.36. The first-order valence-corrected chi connectivity index (χ1v) is 9.39. The topological polar surface area (TPSA) is 104 Å². The molecule has 0 aliphatic rings. The van der Waals surface area contributed by atoms with Crippen LogP contribution >= 0.6 is 11.3 Å². The van der Waals surface area contributed by atoms with Crippen LogP contribution in [0.1, 0.15) is 10.6 Å². The van der Waals surface area contributed by atoms with Crippen LogP contribution in [-0.2, 0) is 17.2 Å². The SMILES string of the molecule is Cc1cccc2sc(C)[n+](C)c12.O=[N+]([O-])c1ccc(S(=O)(=O)[O-])cc1. The van der Waals surface area contributed by atoms with Crippen LogP contribution in [0.2, 0.25) is 0 Å². The highest BCUT2D eigenvalue weighted by Crippen LogP contribution is 2.21. The molecule has 3 rings (SSSR count). The van der Waals surface area contributed by atoms with Crippen LogP contribution in [0.3, 0.4) is 0 Å². The Morgan fingerprint density at radius 2 is 1.68 bits per heavy atom. The lowest BCUT2D eigenvalue weighted by Crippen LogP contribution is -2.29. The van der Waals surface area contributed by atoms with Gasteiger partial charge in [0, 0.05) is 24.6 Å². The van der Waals surface area contributed by atoms with Gasteiger partial charge in [-0.15, -0.1) is 0 Å². The van der Waals surface area contributed by atoms with Crippen molar-refractivity contribution in [2.75, 3.05) is 0 Å². The molecule has 1 heterocycles. The molecule has 0 fully saturated rings. The van der Waals surface area contributed by atoms with Crippen molar-refractivity contribution in [3.05, 3.63) is 63.1 Å². The normalized spacial score (nSPS) is 11.0. The molecule has 0 amide bonds. The highest BCUT2D eigenvalue weighted by molar-refractivity contribution is 7.85. The largest absolute Gasteiger partial charge is 0.744 e. The Bertz CT molecular complexity index is 1020. The van der Waals surface area contributed by atoms with E-state index >= 15 is 0 Å². The Morgan fingerprint density at radius 1 is 1.08 bits per heavy atom. The van der Waals surface area contributed by atoms with Crippen LogP contribution in [0.25, 0.3) is 10.2 Å². The third-order valence-corrected chi connectivity index (χ3v) is 5.57. The van der Waals surface area contributed by atoms with Crippen LogP contribution in [0.15, 0.2) is 47.4 Å². The van der Waals surface area contributed by atoms with E-state index < -0.39 is 19.9 Å². The van der Waals surface area contributed by atoms with E-state index in [-0.39, 0.29) is 5.69 Å². The zero-order valence-electron chi connectivity index (χ0n) is 13.8. The number of nitro groups is 1. The molecule has 1 aromatic heterocycles. The average Bonchev–Trinajstić information content (AvgIpc) is 2.83. The minimum Gasteiger partial charge on any atom is -0.744 e. The van der Waals surface area contributed by atoms with Gasteiger partial charge in [0.1, 0.15) is 21.9 Å². The molecular formula is C16H16N2O5S2. The van der Waals surface area contributed by atoms with Gasteiger partial charge in [0.25, 0.3) is 5.69 Å². The van der Waals surface area contributed by atoms with Gasteiger partial charge in [0.05, 0.1) is 9.82 Å². The van der Waals surface area contributed by atoms with E-state index in [0.29, 0.717) is 0 Å². The van der Waals surface area contributed by atoms with Gasteiger partial charge in [0.2, 0.25) is 10.5 Å². The molecule has 0 N–H and O–H groups in total. The first-order valence-electron chi connectivity index (χ1n) is 7.16. The van der Waals surface area contributed by atoms with E-state index in [4.69, 9.17) is 0 Å². The third kappa shape index (κ3) is 4.38. The molecular weight excluding hydrogens is 364 g/mol. The molecule has 2 aromatic carbocycles. The van der Waals surface area contributed by atoms with Crippen molar-refractivity contribution >= 4 is 37.4 Å². The standard InChI is InChI=1S/C10H12NS.C6H5NO5S/c1-7-5-4-6-9-10(7)11(3)8(2)12-9;8-7(9)5-1-3-6(4-2-5)13(10,11)12/h4-6H,1-3H3;1-4H,(H,10,11,12)/q+1;/p-1. The third-order valence-electron chi connectivity index (χ3n) is 3.60. The van der Waals surface area contributed by atoms with Gasteiger partial charge in [-0.25, -0.2) is 8.42 Å². The maximum Gasteiger partial charge on any atom is 0.269 e. The van der Waals surface area contributed by atoms with Crippen LogP contribution in [-0.4, -0.2) is 17.9 Å². The van der Waals surface area contributed by atoms with Crippen molar-refractivity contribution < 1.29 is 22.5 Å². The number of nitro benzene ring substituents is 1. The first-order chi connectivity index (χ1) is 11.6. The predicted octanol–water partition coefficient (Wildman–Crippen LogP) is 2.84. The molecule has 0 saturated heterocycles. The van der Waals surface area contributed by atoms with Crippen LogP contribution in [0.4, 0.5) is 5.69 Å². The number of nitrogens with zero attached hydrogens (tertiary/aromatic N) is 2. The van der Waals surface area contributed by atoms with Gasteiger partial charge in [-0.2, -0.15) is 4.57 Å². The average molecular weight is 380 g/mol. The molecule has 0 aliphatic heterocycles. The molecule has 0 radical (unpaired) electrons. The maximum absolute atomic E-state index is 10.4. The number of para-hydroxylation sites is 1. The van der Waals surface area contributed by atoms with Gasteiger partial charge in [-0.05, 0) is 25.1 Å². The monoisotopic (exact) mass is 380 g/mol. The number of non-ortho nitro benzene ring substituents is 1. The van der Waals surface area contributed by atoms with Crippen molar-refractivity contribution in [2.24, 2.45) is 7.05 Å². The number of fused-ring (bicyclic) bond motifs is 1. The molecule has 0 bridgehead atoms. The highest BCUT2D eigenvalue weighted by Gasteiger charge is 2.13. The summed E-state index contributed by atoms with van der Waals surface area (Å²) in [5.41, 5.74) is 2.48. The number of hydrogen-bond donors (Lipinski definition) is 0. The summed E-state index contributed by atoms with van der Waals surface area (Å²) in [7, 11) is -2.39. The Kier molecular flexibility index (Phi) is 5.51. The minimum absolute atomic E-state index is 0.257. The number of aryl methyl sites for hydroxylation is 3. The van der Waals surface area contributed by atoms with Crippen molar-refractivity contribution in [3.63, 3.8) is 0 Å². The van der Waals surface area contributed by atoms with E-state index in [0.717, 1.165) is 24.3 Å². The fourth-order valence-electron chi connectivity index (χ4n) is 2.26. The summed E-state index contributed by atoms with van der Waals surface area (Å²) in [6.45, 7) is 4.32. The van der Waals surface area contributed by atoms with Gasteiger partial charge in [-0.1, -0.05) is 23.5 Å². The number of rotatable bonds is 2. The summed E-state index contributed by atoms with van der Waals surface area (Å²) < 4.78 is 34.8. The van der Waals surface area contributed by atoms with Crippen LogP contribution in [0.5, 0.6) is 0 Å². The number of thiazole rings is 1. The molecule has 3 aromatic rings. The molecule has 0 aliphatic carbocycles. The molecule has 7 nitrogen and oxygen atoms in total. The second-order valence-corrected chi connectivity index (χ2v) is 7.92. The molecule has 9 heteroatoms. The lowest BCUT2D eigenvalue weighted by Gasteiger charge is -2.04. The summed E-state index contributed by atoms with van der Waals surface area (Å²) in [5.74, 6) is 0. The summed E-state index contributed by atoms with van der Waals surface area (Å²) in [6, 6.07) is 10.2. The van der Waals surface area contributed by atoms with E-state index in [2.05, 4.69) is 43.7 Å². The van der Waals surface area contributed by atoms with Crippen molar-refractivity contribution in [1.29, 1.82) is 0 Å². The number of aromatic nitrogens is 1. The second kappa shape index (κ2) is 7.26. The summed E-state index contributed by atoms with van der Waals surface area (Å²) >= 11 is 1.86.